The Balaban J connectivity index is 1.61. The Kier molecular flexibility index (Phi) is 4.17. The minimum Gasteiger partial charge on any atom is -0.308 e. The van der Waals surface area contributed by atoms with Crippen molar-refractivity contribution in [2.45, 2.75) is 36.6 Å². The molecule has 0 aliphatic carbocycles. The molecule has 2 aromatic carbocycles. The maximum Gasteiger partial charge on any atom is 0.240 e. The van der Waals surface area contributed by atoms with Crippen molar-refractivity contribution in [2.75, 3.05) is 4.90 Å². The molecule has 0 saturated carbocycles. The second-order valence-corrected chi connectivity index (χ2v) is 7.68. The number of fused-ring (bicyclic) bond motifs is 2. The number of hydrogen-bond acceptors (Lipinski definition) is 4. The lowest BCUT2D eigenvalue weighted by atomic mass is 10.1. The van der Waals surface area contributed by atoms with Crippen LogP contribution in [0.2, 0.25) is 0 Å². The predicted octanol–water partition coefficient (Wildman–Crippen LogP) is 4.09. The molecule has 2 unspecified atom stereocenters. The fraction of sp³-hybridized carbons (Fsp3) is 0.250. The maximum atomic E-state index is 13.1. The van der Waals surface area contributed by atoms with E-state index in [1.54, 1.807) is 6.33 Å². The number of thioether (sulfide) groups is 1. The Morgan fingerprint density at radius 2 is 1.92 bits per heavy atom. The lowest BCUT2D eigenvalue weighted by Gasteiger charge is -2.25. The summed E-state index contributed by atoms with van der Waals surface area (Å²) in [6.45, 7) is 4.06. The number of anilines is 1. The lowest BCUT2D eigenvalue weighted by Crippen LogP contribution is -2.40. The summed E-state index contributed by atoms with van der Waals surface area (Å²) in [5, 5.41) is 1.63. The molecule has 4 nitrogen and oxygen atoms in total. The summed E-state index contributed by atoms with van der Waals surface area (Å²) >= 11 is 1.50. The molecule has 0 radical (unpaired) electrons. The molecule has 2 atom stereocenters. The van der Waals surface area contributed by atoms with Gasteiger partial charge in [0, 0.05) is 17.1 Å². The van der Waals surface area contributed by atoms with Crippen molar-refractivity contribution < 1.29 is 4.79 Å². The van der Waals surface area contributed by atoms with E-state index in [0.29, 0.717) is 0 Å². The highest BCUT2D eigenvalue weighted by Crippen LogP contribution is 2.35. The van der Waals surface area contributed by atoms with E-state index in [4.69, 9.17) is 0 Å². The van der Waals surface area contributed by atoms with Gasteiger partial charge < -0.3 is 4.90 Å². The third kappa shape index (κ3) is 2.89. The van der Waals surface area contributed by atoms with E-state index < -0.39 is 0 Å². The zero-order valence-electron chi connectivity index (χ0n) is 14.2. The van der Waals surface area contributed by atoms with Gasteiger partial charge in [0.15, 0.2) is 0 Å². The highest BCUT2D eigenvalue weighted by Gasteiger charge is 2.33. The van der Waals surface area contributed by atoms with Crippen molar-refractivity contribution in [2.24, 2.45) is 0 Å². The highest BCUT2D eigenvalue weighted by atomic mass is 32.2. The smallest absolute Gasteiger partial charge is 0.240 e. The first-order chi connectivity index (χ1) is 12.1. The highest BCUT2D eigenvalue weighted by molar-refractivity contribution is 8.00. The number of carbonyl (C=O) groups excluding carboxylic acids is 1. The van der Waals surface area contributed by atoms with Gasteiger partial charge in [0.2, 0.25) is 5.91 Å². The number of para-hydroxylation sites is 2. The molecule has 0 N–H and O–H groups in total. The molecule has 4 rings (SSSR count). The SMILES string of the molecule is CC(Sc1ncnc2ccccc12)C(=O)N1c2ccccc2CC1C. The Hall–Kier alpha value is -2.40. The molecule has 0 fully saturated rings. The van der Waals surface area contributed by atoms with Gasteiger partial charge in [-0.1, -0.05) is 48.2 Å². The summed E-state index contributed by atoms with van der Waals surface area (Å²) in [6, 6.07) is 16.3. The van der Waals surface area contributed by atoms with Crippen LogP contribution in [0, 0.1) is 0 Å². The Bertz CT molecular complexity index is 938. The Labute approximate surface area is 151 Å². The topological polar surface area (TPSA) is 46.1 Å². The van der Waals surface area contributed by atoms with Crippen LogP contribution in [-0.4, -0.2) is 27.2 Å². The lowest BCUT2D eigenvalue weighted by molar-refractivity contribution is -0.118. The van der Waals surface area contributed by atoms with Crippen LogP contribution < -0.4 is 4.90 Å². The van der Waals surface area contributed by atoms with Crippen LogP contribution in [0.1, 0.15) is 19.4 Å². The van der Waals surface area contributed by atoms with Gasteiger partial charge in [0.05, 0.1) is 10.8 Å². The zero-order valence-corrected chi connectivity index (χ0v) is 15.0. The second-order valence-electron chi connectivity index (χ2n) is 6.35. The first-order valence-corrected chi connectivity index (χ1v) is 9.30. The summed E-state index contributed by atoms with van der Waals surface area (Å²) in [6.07, 6.45) is 2.48. The van der Waals surface area contributed by atoms with Gasteiger partial charge in [-0.3, -0.25) is 4.79 Å². The summed E-state index contributed by atoms with van der Waals surface area (Å²) in [7, 11) is 0. The van der Waals surface area contributed by atoms with Gasteiger partial charge in [0.1, 0.15) is 11.4 Å². The van der Waals surface area contributed by atoms with Crippen LogP contribution in [0.3, 0.4) is 0 Å². The summed E-state index contributed by atoms with van der Waals surface area (Å²) < 4.78 is 0. The number of hydrogen-bond donors (Lipinski definition) is 0. The van der Waals surface area contributed by atoms with Crippen molar-refractivity contribution in [3.05, 3.63) is 60.4 Å². The fourth-order valence-corrected chi connectivity index (χ4v) is 4.35. The van der Waals surface area contributed by atoms with Crippen LogP contribution in [-0.2, 0) is 11.2 Å². The third-order valence-electron chi connectivity index (χ3n) is 4.59. The molecule has 1 aromatic heterocycles. The van der Waals surface area contributed by atoms with E-state index in [9.17, 15) is 4.79 Å². The average Bonchev–Trinajstić information content (AvgIpc) is 2.97. The van der Waals surface area contributed by atoms with Crippen molar-refractivity contribution in [1.82, 2.24) is 9.97 Å². The van der Waals surface area contributed by atoms with Crippen molar-refractivity contribution in [3.63, 3.8) is 0 Å². The minimum absolute atomic E-state index is 0.130. The molecule has 1 aliphatic rings. The number of amides is 1. The molecule has 0 bridgehead atoms. The molecule has 0 saturated heterocycles. The number of aromatic nitrogens is 2. The maximum absolute atomic E-state index is 13.1. The van der Waals surface area contributed by atoms with E-state index >= 15 is 0 Å². The summed E-state index contributed by atoms with van der Waals surface area (Å²) in [5.74, 6) is 0.130. The average molecular weight is 349 g/mol. The largest absolute Gasteiger partial charge is 0.308 e. The van der Waals surface area contributed by atoms with Gasteiger partial charge in [0.25, 0.3) is 0 Å². The van der Waals surface area contributed by atoms with Gasteiger partial charge in [-0.15, -0.1) is 0 Å². The number of nitrogens with zero attached hydrogens (tertiary/aromatic N) is 3. The molecular weight excluding hydrogens is 330 g/mol. The predicted molar refractivity (Wildman–Crippen MR) is 102 cm³/mol. The third-order valence-corrected chi connectivity index (χ3v) is 5.69. The molecule has 126 valence electrons. The Morgan fingerprint density at radius 1 is 1.16 bits per heavy atom. The first-order valence-electron chi connectivity index (χ1n) is 8.42. The van der Waals surface area contributed by atoms with E-state index in [1.807, 2.05) is 54.3 Å². The van der Waals surface area contributed by atoms with Crippen molar-refractivity contribution >= 4 is 34.3 Å². The van der Waals surface area contributed by atoms with Crippen molar-refractivity contribution in [1.29, 1.82) is 0 Å². The van der Waals surface area contributed by atoms with Gasteiger partial charge in [-0.2, -0.15) is 0 Å². The molecular formula is C20H19N3OS. The molecule has 0 spiro atoms. The summed E-state index contributed by atoms with van der Waals surface area (Å²) in [5.41, 5.74) is 3.19. The second kappa shape index (κ2) is 6.48. The minimum atomic E-state index is -0.216. The van der Waals surface area contributed by atoms with Crippen LogP contribution in [0.4, 0.5) is 5.69 Å². The quantitative estimate of drug-likeness (QED) is 0.528. The molecule has 1 amide bonds. The number of rotatable bonds is 3. The Morgan fingerprint density at radius 3 is 2.80 bits per heavy atom. The fourth-order valence-electron chi connectivity index (χ4n) is 3.39. The van der Waals surface area contributed by atoms with Crippen molar-refractivity contribution in [3.8, 4) is 0 Å². The van der Waals surface area contributed by atoms with E-state index in [2.05, 4.69) is 23.0 Å². The van der Waals surface area contributed by atoms with Crippen LogP contribution in [0.5, 0.6) is 0 Å². The number of carbonyl (C=O) groups is 1. The van der Waals surface area contributed by atoms with Gasteiger partial charge >= 0.3 is 0 Å². The van der Waals surface area contributed by atoms with Crippen LogP contribution in [0.25, 0.3) is 10.9 Å². The van der Waals surface area contributed by atoms with E-state index in [0.717, 1.165) is 28.0 Å². The normalized spacial score (nSPS) is 17.5. The molecule has 25 heavy (non-hydrogen) atoms. The summed E-state index contributed by atoms with van der Waals surface area (Å²) in [4.78, 5) is 23.8. The molecule has 3 aromatic rings. The monoisotopic (exact) mass is 349 g/mol. The van der Waals surface area contributed by atoms with Crippen LogP contribution in [0.15, 0.2) is 59.9 Å². The van der Waals surface area contributed by atoms with E-state index in [-0.39, 0.29) is 17.2 Å². The first kappa shape index (κ1) is 16.1. The standard InChI is InChI=1S/C20H19N3OS/c1-13-11-15-7-3-6-10-18(15)23(13)20(24)14(2)25-19-16-8-4-5-9-17(16)21-12-22-19/h3-10,12-14H,11H2,1-2H3. The molecule has 1 aliphatic heterocycles. The molecule has 5 heteroatoms. The van der Waals surface area contributed by atoms with E-state index in [1.165, 1.54) is 17.3 Å². The van der Waals surface area contributed by atoms with Gasteiger partial charge in [-0.25, -0.2) is 9.97 Å². The van der Waals surface area contributed by atoms with Crippen LogP contribution >= 0.6 is 11.8 Å². The molecule has 2 heterocycles. The number of benzene rings is 2. The zero-order chi connectivity index (χ0) is 17.4. The van der Waals surface area contributed by atoms with Gasteiger partial charge in [-0.05, 0) is 38.0 Å².